The molecule has 1 rings (SSSR count). The van der Waals surface area contributed by atoms with Crippen molar-refractivity contribution in [1.29, 1.82) is 0 Å². The number of hydrogen-bond acceptors (Lipinski definition) is 3. The molecule has 108 valence electrons. The third-order valence-electron chi connectivity index (χ3n) is 3.60. The van der Waals surface area contributed by atoms with E-state index in [-0.39, 0.29) is 6.04 Å². The van der Waals surface area contributed by atoms with Crippen molar-refractivity contribution < 1.29 is 5.11 Å². The van der Waals surface area contributed by atoms with Crippen molar-refractivity contribution in [1.82, 2.24) is 0 Å². The maximum absolute atomic E-state index is 10.2. The Morgan fingerprint density at radius 3 is 2.26 bits per heavy atom. The van der Waals surface area contributed by atoms with Gasteiger partial charge in [-0.3, -0.25) is 0 Å². The summed E-state index contributed by atoms with van der Waals surface area (Å²) in [7, 11) is 0. The number of hydrogen-bond donors (Lipinski definition) is 2. The van der Waals surface area contributed by atoms with Crippen molar-refractivity contribution in [2.75, 3.05) is 18.0 Å². The fourth-order valence-electron chi connectivity index (χ4n) is 2.30. The predicted molar refractivity (Wildman–Crippen MR) is 82.7 cm³/mol. The Kier molecular flexibility index (Phi) is 6.16. The third kappa shape index (κ3) is 4.43. The molecule has 0 amide bonds. The highest BCUT2D eigenvalue weighted by atomic mass is 16.3. The van der Waals surface area contributed by atoms with Crippen LogP contribution < -0.4 is 10.6 Å². The normalized spacial score (nSPS) is 12.7. The topological polar surface area (TPSA) is 49.5 Å². The Labute approximate surface area is 117 Å². The van der Waals surface area contributed by atoms with Gasteiger partial charge in [0.2, 0.25) is 0 Å². The summed E-state index contributed by atoms with van der Waals surface area (Å²) in [6.07, 6.45) is 1.99. The molecule has 0 radical (unpaired) electrons. The van der Waals surface area contributed by atoms with Crippen molar-refractivity contribution in [3.05, 3.63) is 23.8 Å². The summed E-state index contributed by atoms with van der Waals surface area (Å²) < 4.78 is 0. The van der Waals surface area contributed by atoms with Gasteiger partial charge in [-0.15, -0.1) is 0 Å². The molecule has 3 heteroatoms. The Morgan fingerprint density at radius 2 is 1.79 bits per heavy atom. The largest absolute Gasteiger partial charge is 0.508 e. The molecule has 3 N–H and O–H groups in total. The smallest absolute Gasteiger partial charge is 0.122 e. The SMILES string of the molecule is CCN(CC)c1ccc([C@H](N)CCC(C)C)c(O)c1. The molecule has 0 aliphatic rings. The molecular weight excluding hydrogens is 236 g/mol. The molecule has 0 fully saturated rings. The standard InChI is InChI=1S/C16H28N2O/c1-5-18(6-2)13-8-9-14(16(19)11-13)15(17)10-7-12(3)4/h8-9,11-12,15,19H,5-7,10,17H2,1-4H3/t15-/m1/s1. The summed E-state index contributed by atoms with van der Waals surface area (Å²) in [5.74, 6) is 0.962. The average Bonchev–Trinajstić information content (AvgIpc) is 2.37. The van der Waals surface area contributed by atoms with Crippen LogP contribution in [0.3, 0.4) is 0 Å². The lowest BCUT2D eigenvalue weighted by Gasteiger charge is -2.23. The molecule has 19 heavy (non-hydrogen) atoms. The van der Waals surface area contributed by atoms with Gasteiger partial charge in [-0.2, -0.15) is 0 Å². The molecule has 0 aliphatic heterocycles. The molecule has 0 bridgehead atoms. The predicted octanol–water partition coefficient (Wildman–Crippen LogP) is 3.67. The number of aromatic hydroxyl groups is 1. The summed E-state index contributed by atoms with van der Waals surface area (Å²) in [6.45, 7) is 10.5. The van der Waals surface area contributed by atoms with Crippen LogP contribution in [0.5, 0.6) is 5.75 Å². The Morgan fingerprint density at radius 1 is 1.16 bits per heavy atom. The number of phenols is 1. The van der Waals surface area contributed by atoms with Gasteiger partial charge in [0.05, 0.1) is 0 Å². The molecule has 0 spiro atoms. The first-order chi connectivity index (χ1) is 8.99. The molecule has 1 aromatic carbocycles. The molecule has 0 aromatic heterocycles. The lowest BCUT2D eigenvalue weighted by atomic mass is 9.97. The number of benzene rings is 1. The van der Waals surface area contributed by atoms with Gasteiger partial charge < -0.3 is 15.7 Å². The van der Waals surface area contributed by atoms with Crippen LogP contribution in [0.25, 0.3) is 0 Å². The second-order valence-corrected chi connectivity index (χ2v) is 5.49. The molecule has 3 nitrogen and oxygen atoms in total. The summed E-state index contributed by atoms with van der Waals surface area (Å²) in [6, 6.07) is 5.77. The maximum atomic E-state index is 10.2. The van der Waals surface area contributed by atoms with Crippen LogP contribution in [-0.4, -0.2) is 18.2 Å². The highest BCUT2D eigenvalue weighted by molar-refractivity contribution is 5.53. The van der Waals surface area contributed by atoms with Gasteiger partial charge in [0.25, 0.3) is 0 Å². The molecule has 1 atom stereocenters. The van der Waals surface area contributed by atoms with Crippen LogP contribution >= 0.6 is 0 Å². The van der Waals surface area contributed by atoms with Crippen molar-refractivity contribution in [3.63, 3.8) is 0 Å². The zero-order valence-corrected chi connectivity index (χ0v) is 12.7. The van der Waals surface area contributed by atoms with Crippen LogP contribution in [0.2, 0.25) is 0 Å². The van der Waals surface area contributed by atoms with E-state index in [4.69, 9.17) is 5.73 Å². The Balaban J connectivity index is 2.81. The number of nitrogens with two attached hydrogens (primary N) is 1. The highest BCUT2D eigenvalue weighted by Gasteiger charge is 2.13. The van der Waals surface area contributed by atoms with E-state index >= 15 is 0 Å². The Hall–Kier alpha value is -1.22. The average molecular weight is 264 g/mol. The van der Waals surface area contributed by atoms with Crippen LogP contribution in [0, 0.1) is 5.92 Å². The van der Waals surface area contributed by atoms with E-state index in [1.165, 1.54) is 0 Å². The number of nitrogens with zero attached hydrogens (tertiary/aromatic N) is 1. The minimum atomic E-state index is -0.0758. The van der Waals surface area contributed by atoms with Crippen LogP contribution in [0.15, 0.2) is 18.2 Å². The lowest BCUT2D eigenvalue weighted by molar-refractivity contribution is 0.448. The van der Waals surface area contributed by atoms with Crippen LogP contribution in [-0.2, 0) is 0 Å². The van der Waals surface area contributed by atoms with Crippen molar-refractivity contribution in [2.45, 2.75) is 46.6 Å². The molecular formula is C16H28N2O. The molecule has 0 saturated heterocycles. The number of anilines is 1. The number of rotatable bonds is 7. The molecule has 0 saturated carbocycles. The van der Waals surface area contributed by atoms with Gasteiger partial charge in [0.15, 0.2) is 0 Å². The monoisotopic (exact) mass is 264 g/mol. The fraction of sp³-hybridized carbons (Fsp3) is 0.625. The summed E-state index contributed by atoms with van der Waals surface area (Å²) in [5.41, 5.74) is 8.08. The quantitative estimate of drug-likeness (QED) is 0.790. The van der Waals surface area contributed by atoms with E-state index in [0.29, 0.717) is 11.7 Å². The lowest BCUT2D eigenvalue weighted by Crippen LogP contribution is -2.21. The van der Waals surface area contributed by atoms with Gasteiger partial charge in [-0.1, -0.05) is 19.9 Å². The third-order valence-corrected chi connectivity index (χ3v) is 3.60. The molecule has 1 aromatic rings. The minimum Gasteiger partial charge on any atom is -0.508 e. The molecule has 0 heterocycles. The van der Waals surface area contributed by atoms with E-state index in [2.05, 4.69) is 38.7 Å². The Bertz CT molecular complexity index is 386. The van der Waals surface area contributed by atoms with Gasteiger partial charge >= 0.3 is 0 Å². The van der Waals surface area contributed by atoms with E-state index in [1.54, 1.807) is 0 Å². The summed E-state index contributed by atoms with van der Waals surface area (Å²) in [4.78, 5) is 2.21. The van der Waals surface area contributed by atoms with Gasteiger partial charge in [-0.25, -0.2) is 0 Å². The number of phenolic OH excluding ortho intramolecular Hbond substituents is 1. The van der Waals surface area contributed by atoms with Crippen molar-refractivity contribution in [2.24, 2.45) is 11.7 Å². The maximum Gasteiger partial charge on any atom is 0.122 e. The first kappa shape index (κ1) is 15.8. The molecule has 0 unspecified atom stereocenters. The van der Waals surface area contributed by atoms with Crippen molar-refractivity contribution >= 4 is 5.69 Å². The second kappa shape index (κ2) is 7.39. The van der Waals surface area contributed by atoms with Crippen LogP contribution in [0.4, 0.5) is 5.69 Å². The highest BCUT2D eigenvalue weighted by Crippen LogP contribution is 2.30. The minimum absolute atomic E-state index is 0.0758. The van der Waals surface area contributed by atoms with E-state index in [0.717, 1.165) is 37.2 Å². The fourth-order valence-corrected chi connectivity index (χ4v) is 2.30. The zero-order valence-electron chi connectivity index (χ0n) is 12.7. The second-order valence-electron chi connectivity index (χ2n) is 5.49. The van der Waals surface area contributed by atoms with Gasteiger partial charge in [0.1, 0.15) is 5.75 Å². The molecule has 0 aliphatic carbocycles. The van der Waals surface area contributed by atoms with Crippen LogP contribution in [0.1, 0.15) is 52.1 Å². The van der Waals surface area contributed by atoms with E-state index in [1.807, 2.05) is 12.1 Å². The van der Waals surface area contributed by atoms with Gasteiger partial charge in [0, 0.05) is 36.4 Å². The summed E-state index contributed by atoms with van der Waals surface area (Å²) >= 11 is 0. The first-order valence-electron chi connectivity index (χ1n) is 7.33. The summed E-state index contributed by atoms with van der Waals surface area (Å²) in [5, 5.41) is 10.2. The van der Waals surface area contributed by atoms with Gasteiger partial charge in [-0.05, 0) is 38.7 Å². The van der Waals surface area contributed by atoms with E-state index < -0.39 is 0 Å². The first-order valence-corrected chi connectivity index (χ1v) is 7.33. The van der Waals surface area contributed by atoms with E-state index in [9.17, 15) is 5.11 Å². The van der Waals surface area contributed by atoms with Crippen molar-refractivity contribution in [3.8, 4) is 5.75 Å². The zero-order chi connectivity index (χ0) is 14.4.